The number of thiazole rings is 1. The lowest BCUT2D eigenvalue weighted by molar-refractivity contribution is -0.118. The van der Waals surface area contributed by atoms with Crippen LogP contribution >= 0.6 is 11.3 Å². The topological polar surface area (TPSA) is 80.3 Å². The lowest BCUT2D eigenvalue weighted by Gasteiger charge is -2.17. The van der Waals surface area contributed by atoms with Gasteiger partial charge < -0.3 is 10.1 Å². The zero-order chi connectivity index (χ0) is 18.1. The molecule has 4 rings (SSSR count). The minimum Gasteiger partial charge on any atom is -0.484 e. The number of nitrogens with one attached hydrogen (secondary N) is 2. The van der Waals surface area contributed by atoms with Crippen LogP contribution < -0.4 is 15.4 Å². The third kappa shape index (κ3) is 3.72. The number of fused-ring (bicyclic) bond motifs is 2. The first kappa shape index (κ1) is 17.0. The largest absolute Gasteiger partial charge is 0.484 e. The molecule has 0 fully saturated rings. The van der Waals surface area contributed by atoms with Gasteiger partial charge in [-0.2, -0.15) is 0 Å². The van der Waals surface area contributed by atoms with Gasteiger partial charge >= 0.3 is 0 Å². The number of carbonyl (C=O) groups is 2. The maximum absolute atomic E-state index is 12.2. The molecular weight excluding hydrogens is 350 g/mol. The molecule has 6 nitrogen and oxygen atoms in total. The second-order valence-electron chi connectivity index (χ2n) is 6.94. The Morgan fingerprint density at radius 2 is 2.27 bits per heavy atom. The molecule has 26 heavy (non-hydrogen) atoms. The zero-order valence-corrected chi connectivity index (χ0v) is 15.4. The third-order valence-electron chi connectivity index (χ3n) is 4.77. The molecule has 2 heterocycles. The van der Waals surface area contributed by atoms with Crippen molar-refractivity contribution in [3.8, 4) is 5.75 Å². The van der Waals surface area contributed by atoms with Crippen LogP contribution in [0.2, 0.25) is 0 Å². The molecule has 2 aromatic rings. The molecule has 2 aliphatic rings. The van der Waals surface area contributed by atoms with Crippen LogP contribution in [0.4, 0.5) is 10.8 Å². The fourth-order valence-corrected chi connectivity index (χ4v) is 4.53. The molecule has 136 valence electrons. The lowest BCUT2D eigenvalue weighted by Crippen LogP contribution is -2.21. The van der Waals surface area contributed by atoms with E-state index in [-0.39, 0.29) is 18.4 Å². The van der Waals surface area contributed by atoms with E-state index in [2.05, 4.69) is 22.5 Å². The van der Waals surface area contributed by atoms with Crippen LogP contribution in [0.25, 0.3) is 0 Å². The number of benzene rings is 1. The molecule has 2 amide bonds. The van der Waals surface area contributed by atoms with E-state index in [0.29, 0.717) is 29.6 Å². The number of aryl methyl sites for hydroxylation is 2. The summed E-state index contributed by atoms with van der Waals surface area (Å²) in [6.45, 7) is 2.19. The Bertz CT molecular complexity index is 862. The van der Waals surface area contributed by atoms with Gasteiger partial charge in [0.25, 0.3) is 5.91 Å². The molecule has 0 spiro atoms. The highest BCUT2D eigenvalue weighted by Crippen LogP contribution is 2.32. The SMILES string of the molecule is C[C@@H]1CCc2nc(NC(=O)COc3ccc4c(c3)CCC(=O)N4)sc2C1. The van der Waals surface area contributed by atoms with Gasteiger partial charge in [0, 0.05) is 17.0 Å². The van der Waals surface area contributed by atoms with E-state index < -0.39 is 0 Å². The highest BCUT2D eigenvalue weighted by Gasteiger charge is 2.20. The summed E-state index contributed by atoms with van der Waals surface area (Å²) in [6.07, 6.45) is 4.36. The summed E-state index contributed by atoms with van der Waals surface area (Å²) in [5.74, 6) is 1.13. The number of hydrogen-bond acceptors (Lipinski definition) is 5. The van der Waals surface area contributed by atoms with Gasteiger partial charge in [-0.3, -0.25) is 14.9 Å². The second-order valence-corrected chi connectivity index (χ2v) is 8.02. The Balaban J connectivity index is 1.34. The summed E-state index contributed by atoms with van der Waals surface area (Å²) < 4.78 is 5.60. The van der Waals surface area contributed by atoms with Crippen molar-refractivity contribution >= 4 is 34.0 Å². The van der Waals surface area contributed by atoms with Crippen LogP contribution in [0.1, 0.15) is 35.9 Å². The molecule has 1 aromatic heterocycles. The Labute approximate surface area is 156 Å². The van der Waals surface area contributed by atoms with Crippen molar-refractivity contribution in [3.05, 3.63) is 34.3 Å². The minimum absolute atomic E-state index is 0.0334. The first-order valence-electron chi connectivity index (χ1n) is 8.91. The molecular formula is C19H21N3O3S. The molecule has 0 saturated heterocycles. The monoisotopic (exact) mass is 371 g/mol. The number of amides is 2. The van der Waals surface area contributed by atoms with Crippen molar-refractivity contribution in [3.63, 3.8) is 0 Å². The maximum Gasteiger partial charge on any atom is 0.264 e. The fourth-order valence-electron chi connectivity index (χ4n) is 3.35. The number of hydrogen-bond donors (Lipinski definition) is 2. The summed E-state index contributed by atoms with van der Waals surface area (Å²) in [6, 6.07) is 5.46. The van der Waals surface area contributed by atoms with Crippen molar-refractivity contribution < 1.29 is 14.3 Å². The smallest absolute Gasteiger partial charge is 0.264 e. The first-order valence-corrected chi connectivity index (χ1v) is 9.72. The average Bonchev–Trinajstić information content (AvgIpc) is 3.01. The predicted molar refractivity (Wildman–Crippen MR) is 101 cm³/mol. The highest BCUT2D eigenvalue weighted by atomic mass is 32.1. The summed E-state index contributed by atoms with van der Waals surface area (Å²) in [4.78, 5) is 29.4. The number of anilines is 2. The van der Waals surface area contributed by atoms with Crippen molar-refractivity contribution in [2.45, 2.75) is 39.0 Å². The predicted octanol–water partition coefficient (Wildman–Crippen LogP) is 3.17. The summed E-state index contributed by atoms with van der Waals surface area (Å²) in [5.41, 5.74) is 2.98. The van der Waals surface area contributed by atoms with Gasteiger partial charge in [0.1, 0.15) is 5.75 Å². The normalized spacial score (nSPS) is 18.5. The van der Waals surface area contributed by atoms with Crippen LogP contribution in [0, 0.1) is 5.92 Å². The van der Waals surface area contributed by atoms with E-state index in [0.717, 1.165) is 36.2 Å². The average molecular weight is 371 g/mol. The molecule has 0 unspecified atom stereocenters. The van der Waals surface area contributed by atoms with E-state index in [9.17, 15) is 9.59 Å². The van der Waals surface area contributed by atoms with Crippen LogP contribution in [-0.2, 0) is 28.9 Å². The lowest BCUT2D eigenvalue weighted by atomic mass is 9.93. The standard InChI is InChI=1S/C19H21N3O3S/c1-11-2-5-15-16(8-11)26-19(21-15)22-18(24)10-25-13-4-6-14-12(9-13)3-7-17(23)20-14/h4,6,9,11H,2-3,5,7-8,10H2,1H3,(H,20,23)(H,21,22,24)/t11-/m1/s1. The highest BCUT2D eigenvalue weighted by molar-refractivity contribution is 7.15. The van der Waals surface area contributed by atoms with Crippen molar-refractivity contribution in [2.75, 3.05) is 17.2 Å². The van der Waals surface area contributed by atoms with Crippen LogP contribution in [0.15, 0.2) is 18.2 Å². The van der Waals surface area contributed by atoms with E-state index in [4.69, 9.17) is 4.74 Å². The van der Waals surface area contributed by atoms with E-state index >= 15 is 0 Å². The van der Waals surface area contributed by atoms with Gasteiger partial charge in [0.05, 0.1) is 5.69 Å². The molecule has 7 heteroatoms. The Hall–Kier alpha value is -2.41. The van der Waals surface area contributed by atoms with Gasteiger partial charge in [0.15, 0.2) is 11.7 Å². The van der Waals surface area contributed by atoms with E-state index in [1.807, 2.05) is 12.1 Å². The van der Waals surface area contributed by atoms with Gasteiger partial charge in [0.2, 0.25) is 5.91 Å². The Morgan fingerprint density at radius 1 is 1.38 bits per heavy atom. The van der Waals surface area contributed by atoms with Gasteiger partial charge in [-0.05, 0) is 55.4 Å². The molecule has 1 aliphatic heterocycles. The molecule has 0 saturated carbocycles. The molecule has 0 radical (unpaired) electrons. The quantitative estimate of drug-likeness (QED) is 0.865. The number of carbonyl (C=O) groups excluding carboxylic acids is 2. The Morgan fingerprint density at radius 3 is 3.15 bits per heavy atom. The summed E-state index contributed by atoms with van der Waals surface area (Å²) in [5, 5.41) is 6.33. The second kappa shape index (κ2) is 7.07. The number of rotatable bonds is 4. The molecule has 1 aliphatic carbocycles. The molecule has 0 bridgehead atoms. The number of nitrogens with zero attached hydrogens (tertiary/aromatic N) is 1. The van der Waals surface area contributed by atoms with Gasteiger partial charge in [-0.1, -0.05) is 6.92 Å². The first-order chi connectivity index (χ1) is 12.6. The maximum atomic E-state index is 12.2. The third-order valence-corrected chi connectivity index (χ3v) is 5.81. The molecule has 1 aromatic carbocycles. The summed E-state index contributed by atoms with van der Waals surface area (Å²) in [7, 11) is 0. The van der Waals surface area contributed by atoms with E-state index in [1.54, 1.807) is 17.4 Å². The molecule has 1 atom stereocenters. The van der Waals surface area contributed by atoms with Crippen LogP contribution in [-0.4, -0.2) is 23.4 Å². The molecule has 2 N–H and O–H groups in total. The van der Waals surface area contributed by atoms with Crippen molar-refractivity contribution in [1.29, 1.82) is 0 Å². The zero-order valence-electron chi connectivity index (χ0n) is 14.6. The minimum atomic E-state index is -0.213. The van der Waals surface area contributed by atoms with Crippen molar-refractivity contribution in [1.82, 2.24) is 4.98 Å². The summed E-state index contributed by atoms with van der Waals surface area (Å²) >= 11 is 1.57. The van der Waals surface area contributed by atoms with Crippen LogP contribution in [0.5, 0.6) is 5.75 Å². The van der Waals surface area contributed by atoms with Crippen LogP contribution in [0.3, 0.4) is 0 Å². The number of ether oxygens (including phenoxy) is 1. The fraction of sp³-hybridized carbons (Fsp3) is 0.421. The van der Waals surface area contributed by atoms with Gasteiger partial charge in [-0.15, -0.1) is 11.3 Å². The number of aromatic nitrogens is 1. The van der Waals surface area contributed by atoms with Crippen molar-refractivity contribution in [2.24, 2.45) is 5.92 Å². The Kier molecular flexibility index (Phi) is 4.63. The van der Waals surface area contributed by atoms with Gasteiger partial charge in [-0.25, -0.2) is 4.98 Å². The van der Waals surface area contributed by atoms with E-state index in [1.165, 1.54) is 4.88 Å².